The van der Waals surface area contributed by atoms with E-state index in [2.05, 4.69) is 5.32 Å². The van der Waals surface area contributed by atoms with Crippen molar-refractivity contribution in [2.24, 2.45) is 5.92 Å². The van der Waals surface area contributed by atoms with Gasteiger partial charge in [-0.25, -0.2) is 9.59 Å². The van der Waals surface area contributed by atoms with Gasteiger partial charge in [0, 0.05) is 31.6 Å². The van der Waals surface area contributed by atoms with Gasteiger partial charge < -0.3 is 40.3 Å². The van der Waals surface area contributed by atoms with Gasteiger partial charge in [-0.3, -0.25) is 9.69 Å². The van der Waals surface area contributed by atoms with E-state index < -0.39 is 66.1 Å². The molecule has 2 rings (SSSR count). The maximum atomic E-state index is 13.2. The number of hydrogen-bond acceptors (Lipinski definition) is 11. The van der Waals surface area contributed by atoms with Gasteiger partial charge >= 0.3 is 12.1 Å². The zero-order chi connectivity index (χ0) is 30.9. The van der Waals surface area contributed by atoms with Crippen LogP contribution in [0.1, 0.15) is 57.0 Å². The molecule has 1 amide bonds. The Hall–Kier alpha value is -3.29. The Morgan fingerprint density at radius 3 is 2.51 bits per heavy atom. The van der Waals surface area contributed by atoms with Crippen LogP contribution in [0, 0.1) is 5.92 Å². The van der Waals surface area contributed by atoms with Crippen molar-refractivity contribution in [1.29, 1.82) is 0 Å². The molecule has 0 aliphatic carbocycles. The van der Waals surface area contributed by atoms with Crippen molar-refractivity contribution in [3.63, 3.8) is 0 Å². The average Bonchev–Trinajstić information content (AvgIpc) is 2.88. The first kappa shape index (κ1) is 33.9. The minimum atomic E-state index is -1.66. The summed E-state index contributed by atoms with van der Waals surface area (Å²) in [6.45, 7) is 8.26. The SMILES string of the molecule is C[C@@H]1/C=C\C(=O)[C@@H](O)[C@@H](O)C/C=C/c2cc(N(CCNCC(O)CO)C(=O)OC(C)(C)C)cc(O)c2C(=O)O[C@H]1C. The van der Waals surface area contributed by atoms with Crippen molar-refractivity contribution in [2.75, 3.05) is 31.1 Å². The van der Waals surface area contributed by atoms with Crippen LogP contribution in [0.5, 0.6) is 5.75 Å². The number of cyclic esters (lactones) is 1. The van der Waals surface area contributed by atoms with Crippen molar-refractivity contribution in [1.82, 2.24) is 5.32 Å². The quantitative estimate of drug-likeness (QED) is 0.203. The summed E-state index contributed by atoms with van der Waals surface area (Å²) < 4.78 is 11.1. The van der Waals surface area contributed by atoms with Crippen LogP contribution < -0.4 is 10.2 Å². The number of carbonyl (C=O) groups is 3. The highest BCUT2D eigenvalue weighted by molar-refractivity contribution is 5.99. The molecule has 228 valence electrons. The van der Waals surface area contributed by atoms with Gasteiger partial charge in [0.05, 0.1) is 24.5 Å². The number of carbonyl (C=O) groups excluding carboxylic acids is 3. The van der Waals surface area contributed by atoms with E-state index in [9.17, 15) is 34.8 Å². The molecular formula is C29H42N2O10. The lowest BCUT2D eigenvalue weighted by molar-refractivity contribution is -0.127. The topological polar surface area (TPSA) is 186 Å². The van der Waals surface area contributed by atoms with Crippen LogP contribution in [0.3, 0.4) is 0 Å². The van der Waals surface area contributed by atoms with E-state index in [-0.39, 0.29) is 42.9 Å². The number of phenolic OH excluding ortho intramolecular Hbond substituents is 1. The van der Waals surface area contributed by atoms with Crippen molar-refractivity contribution < 1.29 is 49.4 Å². The molecule has 1 aromatic rings. The number of fused-ring (bicyclic) bond motifs is 1. The van der Waals surface area contributed by atoms with Crippen molar-refractivity contribution in [3.05, 3.63) is 41.5 Å². The Bertz CT molecular complexity index is 1130. The smallest absolute Gasteiger partial charge is 0.414 e. The number of ether oxygens (including phenoxy) is 2. The van der Waals surface area contributed by atoms with Crippen LogP contribution in [0.15, 0.2) is 30.4 Å². The van der Waals surface area contributed by atoms with E-state index in [4.69, 9.17) is 14.6 Å². The maximum Gasteiger partial charge on any atom is 0.414 e. The minimum absolute atomic E-state index is 0.0351. The molecule has 0 aromatic heterocycles. The number of anilines is 1. The van der Waals surface area contributed by atoms with Crippen molar-refractivity contribution in [3.8, 4) is 5.75 Å². The number of aliphatic hydroxyl groups is 4. The summed E-state index contributed by atoms with van der Waals surface area (Å²) in [6.07, 6.45) is -0.236. The molecule has 0 bridgehead atoms. The fourth-order valence-corrected chi connectivity index (χ4v) is 3.80. The average molecular weight is 579 g/mol. The van der Waals surface area contributed by atoms with Crippen molar-refractivity contribution >= 4 is 29.6 Å². The normalized spacial score (nSPS) is 24.4. The predicted octanol–water partition coefficient (Wildman–Crippen LogP) is 1.52. The van der Waals surface area contributed by atoms with Crippen LogP contribution in [0.25, 0.3) is 6.08 Å². The molecule has 1 aromatic carbocycles. The van der Waals surface area contributed by atoms with Gasteiger partial charge in [0.2, 0.25) is 0 Å². The van der Waals surface area contributed by atoms with E-state index >= 15 is 0 Å². The third-order valence-corrected chi connectivity index (χ3v) is 6.29. The highest BCUT2D eigenvalue weighted by Gasteiger charge is 2.28. The van der Waals surface area contributed by atoms with E-state index in [1.54, 1.807) is 34.6 Å². The summed E-state index contributed by atoms with van der Waals surface area (Å²) in [5, 5.41) is 53.1. The third-order valence-electron chi connectivity index (χ3n) is 6.29. The Kier molecular flexibility index (Phi) is 12.5. The summed E-state index contributed by atoms with van der Waals surface area (Å²) >= 11 is 0. The summed E-state index contributed by atoms with van der Waals surface area (Å²) in [6, 6.07) is 2.70. The van der Waals surface area contributed by atoms with Gasteiger partial charge in [0.1, 0.15) is 29.1 Å². The monoisotopic (exact) mass is 578 g/mol. The second-order valence-corrected chi connectivity index (χ2v) is 11.0. The van der Waals surface area contributed by atoms with Crippen molar-refractivity contribution in [2.45, 2.75) is 71.1 Å². The van der Waals surface area contributed by atoms with Gasteiger partial charge in [-0.05, 0) is 51.8 Å². The summed E-state index contributed by atoms with van der Waals surface area (Å²) in [5.74, 6) is -2.44. The molecule has 0 fully saturated rings. The third kappa shape index (κ3) is 10.2. The Labute approximate surface area is 239 Å². The zero-order valence-corrected chi connectivity index (χ0v) is 24.1. The largest absolute Gasteiger partial charge is 0.507 e. The Morgan fingerprint density at radius 1 is 1.20 bits per heavy atom. The highest BCUT2D eigenvalue weighted by Crippen LogP contribution is 2.32. The molecule has 1 heterocycles. The fourth-order valence-electron chi connectivity index (χ4n) is 3.80. The molecule has 1 aliphatic rings. The lowest BCUT2D eigenvalue weighted by Crippen LogP contribution is -2.42. The summed E-state index contributed by atoms with van der Waals surface area (Å²) in [5.41, 5.74) is -0.684. The van der Waals surface area contributed by atoms with Crippen LogP contribution >= 0.6 is 0 Å². The fraction of sp³-hybridized carbons (Fsp3) is 0.552. The molecule has 0 radical (unpaired) electrons. The first-order valence-electron chi connectivity index (χ1n) is 13.5. The molecule has 12 heteroatoms. The summed E-state index contributed by atoms with van der Waals surface area (Å²) in [7, 11) is 0. The molecule has 1 unspecified atom stereocenters. The number of aromatic hydroxyl groups is 1. The van der Waals surface area contributed by atoms with E-state index in [0.717, 1.165) is 6.08 Å². The number of rotatable bonds is 7. The standard InChI is InChI=1S/C29H42N2O10/c1-17-9-10-23(35)26(37)22(34)8-6-7-19-13-20(14-24(36)25(19)27(38)40-18(17)2)31(28(39)41-29(3,4)5)12-11-30-15-21(33)16-32/h6-7,9-10,13-14,17-18,21-22,26,30,32-34,36-37H,8,11-12,15-16H2,1-5H3/b7-6+,10-9-/t17-,18+,21?,22+,26+/m1/s1. The van der Waals surface area contributed by atoms with Crippen LogP contribution in [0.4, 0.5) is 10.5 Å². The van der Waals surface area contributed by atoms with Gasteiger partial charge in [0.25, 0.3) is 0 Å². The highest BCUT2D eigenvalue weighted by atomic mass is 16.6. The first-order valence-corrected chi connectivity index (χ1v) is 13.5. The molecule has 0 saturated heterocycles. The number of amides is 1. The molecule has 12 nitrogen and oxygen atoms in total. The second kappa shape index (κ2) is 15.1. The number of nitrogens with one attached hydrogen (secondary N) is 1. The van der Waals surface area contributed by atoms with Crippen LogP contribution in [0.2, 0.25) is 0 Å². The molecular weight excluding hydrogens is 536 g/mol. The van der Waals surface area contributed by atoms with Gasteiger partial charge in [-0.2, -0.15) is 0 Å². The molecule has 0 saturated carbocycles. The van der Waals surface area contributed by atoms with Gasteiger partial charge in [-0.15, -0.1) is 0 Å². The maximum absolute atomic E-state index is 13.2. The number of hydrogen-bond donors (Lipinski definition) is 6. The van der Waals surface area contributed by atoms with Gasteiger partial charge in [0.15, 0.2) is 5.78 Å². The number of benzene rings is 1. The van der Waals surface area contributed by atoms with E-state index in [1.165, 1.54) is 35.3 Å². The number of nitrogens with zero attached hydrogens (tertiary/aromatic N) is 1. The number of aliphatic hydroxyl groups excluding tert-OH is 4. The molecule has 6 N–H and O–H groups in total. The Balaban J connectivity index is 2.54. The molecule has 0 spiro atoms. The second-order valence-electron chi connectivity index (χ2n) is 11.0. The molecule has 5 atom stereocenters. The summed E-state index contributed by atoms with van der Waals surface area (Å²) in [4.78, 5) is 39.8. The lowest BCUT2D eigenvalue weighted by Gasteiger charge is -2.28. The number of esters is 1. The Morgan fingerprint density at radius 2 is 1.88 bits per heavy atom. The van der Waals surface area contributed by atoms with Crippen LogP contribution in [-0.2, 0) is 14.3 Å². The van der Waals surface area contributed by atoms with Gasteiger partial charge in [-0.1, -0.05) is 25.2 Å². The molecule has 1 aliphatic heterocycles. The number of ketones is 1. The number of phenols is 1. The predicted molar refractivity (Wildman–Crippen MR) is 152 cm³/mol. The van der Waals surface area contributed by atoms with E-state index in [0.29, 0.717) is 0 Å². The lowest BCUT2D eigenvalue weighted by atomic mass is 9.99. The first-order chi connectivity index (χ1) is 19.1. The minimum Gasteiger partial charge on any atom is -0.507 e. The van der Waals surface area contributed by atoms with E-state index in [1.807, 2.05) is 0 Å². The molecule has 41 heavy (non-hydrogen) atoms. The van der Waals surface area contributed by atoms with Crippen LogP contribution in [-0.4, -0.2) is 99.6 Å². The zero-order valence-electron chi connectivity index (χ0n) is 24.1.